The molecule has 35 heavy (non-hydrogen) atoms. The lowest BCUT2D eigenvalue weighted by Gasteiger charge is -2.44. The molecular weight excluding hydrogens is 480 g/mol. The van der Waals surface area contributed by atoms with Crippen LogP contribution in [0.2, 0.25) is 0 Å². The zero-order chi connectivity index (χ0) is 25.5. The maximum atomic E-state index is 12.7. The molecule has 0 unspecified atom stereocenters. The average molecular weight is 515 g/mol. The van der Waals surface area contributed by atoms with Crippen molar-refractivity contribution in [1.82, 2.24) is 10.6 Å². The number of amides is 1. The highest BCUT2D eigenvalue weighted by atomic mass is 32.2. The maximum Gasteiger partial charge on any atom is 0.341 e. The van der Waals surface area contributed by atoms with Crippen molar-refractivity contribution in [2.75, 3.05) is 26.0 Å². The van der Waals surface area contributed by atoms with E-state index in [2.05, 4.69) is 10.6 Å². The van der Waals surface area contributed by atoms with Crippen LogP contribution in [-0.2, 0) is 19.0 Å². The standard InChI is InChI=1S/C23H34N2O9S/c1-12(32-2)16(25-21(30)14-7-5-9-24-14)20-18(28)17(27)19(29)23(34-20)35-11-10-33-22(31)13-6-3-4-8-15(13)26/h3-4,6,8,12,14,16-20,23-24,26-29H,5,7,9-11H2,1-2H3,(H,25,30)/t12-,14+,16-,17+,18-,19-,20+,23-/m1/s1. The third-order valence-corrected chi connectivity index (χ3v) is 7.37. The van der Waals surface area contributed by atoms with Gasteiger partial charge in [-0.15, -0.1) is 11.8 Å². The summed E-state index contributed by atoms with van der Waals surface area (Å²) < 4.78 is 16.5. The van der Waals surface area contributed by atoms with Crippen molar-refractivity contribution in [1.29, 1.82) is 0 Å². The van der Waals surface area contributed by atoms with Gasteiger partial charge in [0.2, 0.25) is 5.91 Å². The molecule has 0 aliphatic carbocycles. The summed E-state index contributed by atoms with van der Waals surface area (Å²) in [7, 11) is 1.46. The van der Waals surface area contributed by atoms with Gasteiger partial charge in [-0.1, -0.05) is 12.1 Å². The number of benzene rings is 1. The number of carbonyl (C=O) groups is 2. The van der Waals surface area contributed by atoms with Crippen LogP contribution in [0.15, 0.2) is 24.3 Å². The van der Waals surface area contributed by atoms with E-state index in [4.69, 9.17) is 14.2 Å². The van der Waals surface area contributed by atoms with E-state index in [-0.39, 0.29) is 35.6 Å². The number of hydrogen-bond acceptors (Lipinski definition) is 11. The van der Waals surface area contributed by atoms with Crippen molar-refractivity contribution >= 4 is 23.6 Å². The van der Waals surface area contributed by atoms with Crippen LogP contribution in [0.3, 0.4) is 0 Å². The molecule has 2 saturated heterocycles. The number of nitrogens with one attached hydrogen (secondary N) is 2. The molecule has 11 nitrogen and oxygen atoms in total. The fraction of sp³-hybridized carbons (Fsp3) is 0.652. The SMILES string of the molecule is CO[C@H](C)[C@@H](NC(=O)[C@@H]1CCCN1)[C@@H]1O[C@H](SCCOC(=O)c2ccccc2O)[C@H](O)[C@@H](O)[C@H]1O. The fourth-order valence-corrected chi connectivity index (χ4v) is 5.09. The van der Waals surface area contributed by atoms with Gasteiger partial charge in [-0.05, 0) is 38.4 Å². The number of thioether (sulfide) groups is 1. The number of esters is 1. The summed E-state index contributed by atoms with van der Waals surface area (Å²) >= 11 is 1.09. The van der Waals surface area contributed by atoms with Crippen molar-refractivity contribution in [3.8, 4) is 5.75 Å². The lowest BCUT2D eigenvalue weighted by Crippen LogP contribution is -2.66. The molecule has 196 valence electrons. The van der Waals surface area contributed by atoms with Gasteiger partial charge in [0.05, 0.1) is 18.2 Å². The quantitative estimate of drug-likeness (QED) is 0.174. The highest BCUT2D eigenvalue weighted by Gasteiger charge is 2.48. The van der Waals surface area contributed by atoms with E-state index >= 15 is 0 Å². The summed E-state index contributed by atoms with van der Waals surface area (Å²) in [5, 5.41) is 47.3. The third kappa shape index (κ3) is 6.85. The molecule has 0 saturated carbocycles. The number of methoxy groups -OCH3 is 1. The zero-order valence-electron chi connectivity index (χ0n) is 19.7. The topological polar surface area (TPSA) is 167 Å². The molecular formula is C23H34N2O9S. The molecule has 2 fully saturated rings. The Kier molecular flexibility index (Phi) is 10.2. The van der Waals surface area contributed by atoms with Crippen molar-refractivity contribution in [2.24, 2.45) is 0 Å². The number of phenolic OH excluding ortho intramolecular Hbond substituents is 1. The Labute approximate surface area is 208 Å². The van der Waals surface area contributed by atoms with Crippen molar-refractivity contribution in [3.63, 3.8) is 0 Å². The molecule has 2 heterocycles. The van der Waals surface area contributed by atoms with Crippen LogP contribution in [0.4, 0.5) is 0 Å². The van der Waals surface area contributed by atoms with Crippen molar-refractivity contribution < 1.29 is 44.2 Å². The van der Waals surface area contributed by atoms with Gasteiger partial charge in [-0.3, -0.25) is 4.79 Å². The van der Waals surface area contributed by atoms with Gasteiger partial charge in [0.15, 0.2) is 0 Å². The molecule has 0 bridgehead atoms. The first kappa shape index (κ1) is 27.7. The van der Waals surface area contributed by atoms with Crippen molar-refractivity contribution in [3.05, 3.63) is 29.8 Å². The average Bonchev–Trinajstić information content (AvgIpc) is 3.40. The molecule has 0 aromatic heterocycles. The van der Waals surface area contributed by atoms with Gasteiger partial charge in [0.1, 0.15) is 47.8 Å². The number of aliphatic hydroxyl groups is 3. The van der Waals surface area contributed by atoms with E-state index in [1.165, 1.54) is 19.2 Å². The van der Waals surface area contributed by atoms with Crippen LogP contribution in [0.1, 0.15) is 30.1 Å². The molecule has 1 aromatic rings. The molecule has 3 rings (SSSR count). The number of rotatable bonds is 10. The van der Waals surface area contributed by atoms with Crippen LogP contribution in [0.25, 0.3) is 0 Å². The summed E-state index contributed by atoms with van der Waals surface area (Å²) in [4.78, 5) is 24.9. The normalized spacial score (nSPS) is 30.4. The number of ether oxygens (including phenoxy) is 3. The van der Waals surface area contributed by atoms with Gasteiger partial charge < -0.3 is 45.3 Å². The second kappa shape index (κ2) is 12.9. The van der Waals surface area contributed by atoms with Gasteiger partial charge in [0.25, 0.3) is 0 Å². The first-order valence-corrected chi connectivity index (χ1v) is 12.6. The minimum absolute atomic E-state index is 0.0361. The predicted octanol–water partition coefficient (Wildman–Crippen LogP) is -0.638. The van der Waals surface area contributed by atoms with E-state index in [9.17, 15) is 30.0 Å². The van der Waals surface area contributed by atoms with Crippen LogP contribution < -0.4 is 10.6 Å². The number of para-hydroxylation sites is 1. The smallest absolute Gasteiger partial charge is 0.341 e. The Hall–Kier alpha value is -1.93. The zero-order valence-corrected chi connectivity index (χ0v) is 20.5. The molecule has 12 heteroatoms. The first-order chi connectivity index (χ1) is 16.7. The molecule has 2 aliphatic heterocycles. The van der Waals surface area contributed by atoms with Crippen molar-refractivity contribution in [2.45, 2.75) is 67.8 Å². The van der Waals surface area contributed by atoms with E-state index in [1.54, 1.807) is 19.1 Å². The van der Waals surface area contributed by atoms with Gasteiger partial charge in [-0.25, -0.2) is 4.79 Å². The Morgan fingerprint density at radius 2 is 1.97 bits per heavy atom. The number of phenols is 1. The van der Waals surface area contributed by atoms with Crippen LogP contribution in [0.5, 0.6) is 5.75 Å². The van der Waals surface area contributed by atoms with E-state index < -0.39 is 48.0 Å². The first-order valence-electron chi connectivity index (χ1n) is 11.6. The molecule has 1 amide bonds. The minimum Gasteiger partial charge on any atom is -0.507 e. The lowest BCUT2D eigenvalue weighted by atomic mass is 9.92. The summed E-state index contributed by atoms with van der Waals surface area (Å²) in [5.41, 5.74) is -0.927. The Morgan fingerprint density at radius 3 is 2.63 bits per heavy atom. The van der Waals surface area contributed by atoms with E-state index in [0.29, 0.717) is 6.42 Å². The highest BCUT2D eigenvalue weighted by molar-refractivity contribution is 7.99. The third-order valence-electron chi connectivity index (χ3n) is 6.25. The molecule has 1 aromatic carbocycles. The van der Waals surface area contributed by atoms with Crippen LogP contribution in [0, 0.1) is 0 Å². The van der Waals surface area contributed by atoms with Crippen LogP contribution in [-0.4, -0.2) is 106 Å². The summed E-state index contributed by atoms with van der Waals surface area (Å²) in [6.45, 7) is 2.40. The number of carbonyl (C=O) groups excluding carboxylic acids is 2. The number of hydrogen-bond donors (Lipinski definition) is 6. The second-order valence-corrected chi connectivity index (χ2v) is 9.80. The Bertz CT molecular complexity index is 854. The maximum absolute atomic E-state index is 12.7. The van der Waals surface area contributed by atoms with E-state index in [1.807, 2.05) is 0 Å². The molecule has 6 N–H and O–H groups in total. The largest absolute Gasteiger partial charge is 0.507 e. The highest BCUT2D eigenvalue weighted by Crippen LogP contribution is 2.31. The summed E-state index contributed by atoms with van der Waals surface area (Å²) in [6, 6.07) is 4.85. The van der Waals surface area contributed by atoms with Gasteiger partial charge >= 0.3 is 5.97 Å². The molecule has 0 spiro atoms. The van der Waals surface area contributed by atoms with Gasteiger partial charge in [0, 0.05) is 12.9 Å². The molecule has 2 aliphatic rings. The van der Waals surface area contributed by atoms with E-state index in [0.717, 1.165) is 24.7 Å². The fourth-order valence-electron chi connectivity index (χ4n) is 4.12. The van der Waals surface area contributed by atoms with Crippen LogP contribution >= 0.6 is 11.8 Å². The Balaban J connectivity index is 1.60. The monoisotopic (exact) mass is 514 g/mol. The number of aromatic hydroxyl groups is 1. The Morgan fingerprint density at radius 1 is 1.23 bits per heavy atom. The molecule has 8 atom stereocenters. The predicted molar refractivity (Wildman–Crippen MR) is 127 cm³/mol. The van der Waals surface area contributed by atoms with Gasteiger partial charge in [-0.2, -0.15) is 0 Å². The lowest BCUT2D eigenvalue weighted by molar-refractivity contribution is -0.212. The summed E-state index contributed by atoms with van der Waals surface area (Å²) in [5.74, 6) is -0.934. The summed E-state index contributed by atoms with van der Waals surface area (Å²) in [6.07, 6.45) is -4.46. The molecule has 0 radical (unpaired) electrons. The number of aliphatic hydroxyl groups excluding tert-OH is 3. The minimum atomic E-state index is -1.52. The second-order valence-electron chi connectivity index (χ2n) is 8.59.